The van der Waals surface area contributed by atoms with E-state index in [1.54, 1.807) is 11.3 Å². The molecule has 1 N–H and O–H groups in total. The van der Waals surface area contributed by atoms with Crippen LogP contribution in [-0.2, 0) is 6.42 Å². The number of nitrogens with one attached hydrogen (secondary N) is 1. The predicted octanol–water partition coefficient (Wildman–Crippen LogP) is 5.30. The van der Waals surface area contributed by atoms with E-state index in [-0.39, 0.29) is 0 Å². The number of thiophene rings is 1. The number of hydrogen-bond acceptors (Lipinski definition) is 2. The van der Waals surface area contributed by atoms with Gasteiger partial charge in [-0.3, -0.25) is 0 Å². The first-order valence-electron chi connectivity index (χ1n) is 7.14. The second kappa shape index (κ2) is 7.26. The maximum absolute atomic E-state index is 6.31. The third-order valence-electron chi connectivity index (χ3n) is 3.61. The summed E-state index contributed by atoms with van der Waals surface area (Å²) in [6, 6.07) is 9.02. The Morgan fingerprint density at radius 3 is 2.60 bits per heavy atom. The second-order valence-corrected chi connectivity index (χ2v) is 6.62. The quantitative estimate of drug-likeness (QED) is 0.763. The van der Waals surface area contributed by atoms with E-state index >= 15 is 0 Å². The van der Waals surface area contributed by atoms with Crippen LogP contribution in [0.2, 0.25) is 5.02 Å². The lowest BCUT2D eigenvalue weighted by Crippen LogP contribution is -2.23. The molecule has 0 spiro atoms. The molecule has 108 valence electrons. The lowest BCUT2D eigenvalue weighted by Gasteiger charge is -2.18. The average molecular weight is 308 g/mol. The van der Waals surface area contributed by atoms with Crippen LogP contribution in [0.3, 0.4) is 0 Å². The molecule has 0 radical (unpaired) electrons. The molecule has 0 aliphatic carbocycles. The Balaban J connectivity index is 2.19. The molecule has 0 aliphatic heterocycles. The van der Waals surface area contributed by atoms with Crippen LogP contribution >= 0.6 is 22.9 Å². The molecule has 0 aliphatic rings. The van der Waals surface area contributed by atoms with Crippen molar-refractivity contribution in [3.05, 3.63) is 56.2 Å². The minimum atomic E-state index is 0.310. The van der Waals surface area contributed by atoms with Gasteiger partial charge >= 0.3 is 0 Å². The van der Waals surface area contributed by atoms with Crippen LogP contribution in [0, 0.1) is 13.8 Å². The van der Waals surface area contributed by atoms with E-state index in [2.05, 4.69) is 49.7 Å². The van der Waals surface area contributed by atoms with Gasteiger partial charge in [-0.1, -0.05) is 36.7 Å². The van der Waals surface area contributed by atoms with Gasteiger partial charge in [0.1, 0.15) is 0 Å². The zero-order valence-corrected chi connectivity index (χ0v) is 13.9. The summed E-state index contributed by atoms with van der Waals surface area (Å²) >= 11 is 8.05. The number of halogens is 1. The predicted molar refractivity (Wildman–Crippen MR) is 90.0 cm³/mol. The first-order chi connectivity index (χ1) is 9.61. The van der Waals surface area contributed by atoms with Gasteiger partial charge in [0, 0.05) is 10.9 Å². The molecule has 0 saturated heterocycles. The Morgan fingerprint density at radius 2 is 2.00 bits per heavy atom. The highest BCUT2D eigenvalue weighted by Crippen LogP contribution is 2.31. The van der Waals surface area contributed by atoms with E-state index in [1.165, 1.54) is 21.6 Å². The highest BCUT2D eigenvalue weighted by atomic mass is 35.5. The molecule has 1 unspecified atom stereocenters. The fourth-order valence-electron chi connectivity index (χ4n) is 2.30. The van der Waals surface area contributed by atoms with Gasteiger partial charge in [-0.15, -0.1) is 11.3 Å². The molecule has 20 heavy (non-hydrogen) atoms. The van der Waals surface area contributed by atoms with Crippen LogP contribution in [0.5, 0.6) is 0 Å². The van der Waals surface area contributed by atoms with E-state index in [0.717, 1.165) is 24.4 Å². The van der Waals surface area contributed by atoms with Crippen molar-refractivity contribution in [1.29, 1.82) is 0 Å². The fraction of sp³-hybridized carbons (Fsp3) is 0.412. The van der Waals surface area contributed by atoms with E-state index in [9.17, 15) is 0 Å². The molecule has 0 fully saturated rings. The molecular formula is C17H22ClNS. The number of benzene rings is 1. The molecule has 0 saturated carbocycles. The smallest absolute Gasteiger partial charge is 0.0561 e. The maximum atomic E-state index is 6.31. The second-order valence-electron chi connectivity index (χ2n) is 5.26. The topological polar surface area (TPSA) is 12.0 Å². The molecule has 2 rings (SSSR count). The summed E-state index contributed by atoms with van der Waals surface area (Å²) in [5.41, 5.74) is 4.07. The number of aryl methyl sites for hydroxylation is 2. The summed E-state index contributed by atoms with van der Waals surface area (Å²) in [7, 11) is 0. The van der Waals surface area contributed by atoms with Crippen LogP contribution in [-0.4, -0.2) is 6.54 Å². The normalized spacial score (nSPS) is 12.6. The van der Waals surface area contributed by atoms with Crippen molar-refractivity contribution in [3.63, 3.8) is 0 Å². The summed E-state index contributed by atoms with van der Waals surface area (Å²) in [5, 5.41) is 6.57. The van der Waals surface area contributed by atoms with Crippen molar-refractivity contribution in [2.24, 2.45) is 0 Å². The van der Waals surface area contributed by atoms with Gasteiger partial charge in [0.2, 0.25) is 0 Å². The van der Waals surface area contributed by atoms with Crippen molar-refractivity contribution in [1.82, 2.24) is 5.32 Å². The molecule has 1 nitrogen and oxygen atoms in total. The average Bonchev–Trinajstić information content (AvgIpc) is 2.85. The van der Waals surface area contributed by atoms with Crippen LogP contribution in [0.25, 0.3) is 0 Å². The summed E-state index contributed by atoms with van der Waals surface area (Å²) in [4.78, 5) is 1.25. The molecule has 0 bridgehead atoms. The van der Waals surface area contributed by atoms with Gasteiger partial charge in [0.15, 0.2) is 0 Å². The monoisotopic (exact) mass is 307 g/mol. The SMILES string of the molecule is CCCNC(Cc1ccc(C)c(C)c1)c1sccc1Cl. The summed E-state index contributed by atoms with van der Waals surface area (Å²) in [5.74, 6) is 0. The third kappa shape index (κ3) is 3.85. The van der Waals surface area contributed by atoms with E-state index in [4.69, 9.17) is 11.6 Å². The molecule has 1 atom stereocenters. The Morgan fingerprint density at radius 1 is 1.20 bits per heavy atom. The Kier molecular flexibility index (Phi) is 5.64. The zero-order valence-electron chi connectivity index (χ0n) is 12.4. The Labute approximate surface area is 131 Å². The molecular weight excluding hydrogens is 286 g/mol. The van der Waals surface area contributed by atoms with Crippen LogP contribution in [0.1, 0.15) is 41.0 Å². The minimum absolute atomic E-state index is 0.310. The minimum Gasteiger partial charge on any atom is -0.309 e. The summed E-state index contributed by atoms with van der Waals surface area (Å²) in [6.07, 6.45) is 2.12. The molecule has 1 heterocycles. The van der Waals surface area contributed by atoms with Crippen molar-refractivity contribution in [3.8, 4) is 0 Å². The third-order valence-corrected chi connectivity index (χ3v) is 5.09. The number of hydrogen-bond donors (Lipinski definition) is 1. The highest BCUT2D eigenvalue weighted by molar-refractivity contribution is 7.10. The zero-order chi connectivity index (χ0) is 14.5. The Bertz CT molecular complexity index is 562. The highest BCUT2D eigenvalue weighted by Gasteiger charge is 2.16. The van der Waals surface area contributed by atoms with Crippen molar-refractivity contribution >= 4 is 22.9 Å². The summed E-state index contributed by atoms with van der Waals surface area (Å²) in [6.45, 7) is 7.54. The molecule has 1 aromatic carbocycles. The van der Waals surface area contributed by atoms with E-state index in [0.29, 0.717) is 6.04 Å². The number of rotatable bonds is 6. The standard InChI is InChI=1S/C17H22ClNS/c1-4-8-19-16(17-15(18)7-9-20-17)11-14-6-5-12(2)13(3)10-14/h5-7,9-10,16,19H,4,8,11H2,1-3H3. The van der Waals surface area contributed by atoms with Crippen molar-refractivity contribution in [2.75, 3.05) is 6.54 Å². The van der Waals surface area contributed by atoms with E-state index in [1.807, 2.05) is 6.07 Å². The van der Waals surface area contributed by atoms with Gasteiger partial charge in [0.25, 0.3) is 0 Å². The lowest BCUT2D eigenvalue weighted by molar-refractivity contribution is 0.536. The van der Waals surface area contributed by atoms with E-state index < -0.39 is 0 Å². The molecule has 3 heteroatoms. The van der Waals surface area contributed by atoms with Crippen LogP contribution < -0.4 is 5.32 Å². The molecule has 0 amide bonds. The first kappa shape index (κ1) is 15.6. The van der Waals surface area contributed by atoms with Gasteiger partial charge in [-0.25, -0.2) is 0 Å². The van der Waals surface area contributed by atoms with Gasteiger partial charge in [0.05, 0.1) is 5.02 Å². The van der Waals surface area contributed by atoms with Crippen molar-refractivity contribution in [2.45, 2.75) is 39.7 Å². The van der Waals surface area contributed by atoms with Gasteiger partial charge in [-0.2, -0.15) is 0 Å². The molecule has 2 aromatic rings. The fourth-order valence-corrected chi connectivity index (χ4v) is 3.56. The van der Waals surface area contributed by atoms with Crippen molar-refractivity contribution < 1.29 is 0 Å². The van der Waals surface area contributed by atoms with Gasteiger partial charge in [-0.05, 0) is 61.4 Å². The van der Waals surface area contributed by atoms with Crippen LogP contribution in [0.15, 0.2) is 29.6 Å². The Hall–Kier alpha value is -0.830. The first-order valence-corrected chi connectivity index (χ1v) is 8.40. The molecule has 1 aromatic heterocycles. The lowest BCUT2D eigenvalue weighted by atomic mass is 10.00. The maximum Gasteiger partial charge on any atom is 0.0561 e. The van der Waals surface area contributed by atoms with Crippen LogP contribution in [0.4, 0.5) is 0 Å². The summed E-state index contributed by atoms with van der Waals surface area (Å²) < 4.78 is 0. The largest absolute Gasteiger partial charge is 0.309 e. The van der Waals surface area contributed by atoms with Gasteiger partial charge < -0.3 is 5.32 Å².